The molecule has 1 unspecified atom stereocenters. The minimum absolute atomic E-state index is 0.326. The summed E-state index contributed by atoms with van der Waals surface area (Å²) in [5.41, 5.74) is 0.972. The van der Waals surface area contributed by atoms with E-state index in [2.05, 4.69) is 18.8 Å². The van der Waals surface area contributed by atoms with E-state index in [4.69, 9.17) is 4.42 Å². The van der Waals surface area contributed by atoms with Gasteiger partial charge in [0.2, 0.25) is 0 Å². The molecule has 1 N–H and O–H groups in total. The molecule has 0 radical (unpaired) electrons. The predicted octanol–water partition coefficient (Wildman–Crippen LogP) is 6.16. The zero-order valence-electron chi connectivity index (χ0n) is 14.7. The topological polar surface area (TPSA) is 46.0 Å². The Balaban J connectivity index is 1.95. The molecule has 0 saturated heterocycles. The van der Waals surface area contributed by atoms with Crippen LogP contribution in [0.5, 0.6) is 0 Å². The fraction of sp³-hybridized carbons (Fsp3) is 0.842. The van der Waals surface area contributed by atoms with Crippen LogP contribution >= 0.6 is 0 Å². The predicted molar refractivity (Wildman–Crippen MR) is 93.4 cm³/mol. The second-order valence-electron chi connectivity index (χ2n) is 6.53. The third kappa shape index (κ3) is 8.45. The molecule has 1 rings (SSSR count). The maximum Gasteiger partial charge on any atom is 0.416 e. The van der Waals surface area contributed by atoms with E-state index in [1.54, 1.807) is 6.26 Å². The number of unbranched alkanes of at least 4 members (excludes halogenated alkanes) is 10. The highest BCUT2D eigenvalue weighted by Crippen LogP contribution is 2.24. The molecule has 0 aliphatic carbocycles. The molecule has 1 heterocycles. The van der Waals surface area contributed by atoms with Crippen LogP contribution in [-0.2, 0) is 0 Å². The Morgan fingerprint density at radius 3 is 1.91 bits per heavy atom. The standard InChI is InChI=1S/C19H35NO2/c1-3-5-6-7-8-9-10-11-12-13-14-15-17(4-2)18-16-22-19(21)20-18/h16-17H,3-15H2,1-2H3,(H,20,21). The van der Waals surface area contributed by atoms with E-state index in [1.165, 1.54) is 70.6 Å². The maximum absolute atomic E-state index is 11.0. The zero-order chi connectivity index (χ0) is 16.0. The van der Waals surface area contributed by atoms with Gasteiger partial charge in [0.1, 0.15) is 6.26 Å². The Kier molecular flexibility index (Phi) is 10.9. The van der Waals surface area contributed by atoms with Crippen molar-refractivity contribution in [1.29, 1.82) is 0 Å². The summed E-state index contributed by atoms with van der Waals surface area (Å²) >= 11 is 0. The molecule has 3 nitrogen and oxygen atoms in total. The fourth-order valence-electron chi connectivity index (χ4n) is 3.13. The van der Waals surface area contributed by atoms with Gasteiger partial charge >= 0.3 is 5.76 Å². The molecular formula is C19H35NO2. The Hall–Kier alpha value is -0.990. The number of hydrogen-bond acceptors (Lipinski definition) is 2. The minimum Gasteiger partial charge on any atom is -0.416 e. The van der Waals surface area contributed by atoms with Crippen LogP contribution in [0.3, 0.4) is 0 Å². The van der Waals surface area contributed by atoms with Gasteiger partial charge in [0, 0.05) is 5.92 Å². The number of hydrogen-bond donors (Lipinski definition) is 1. The van der Waals surface area contributed by atoms with Gasteiger partial charge in [-0.3, -0.25) is 4.98 Å². The molecule has 0 fully saturated rings. The van der Waals surface area contributed by atoms with Crippen LogP contribution in [0.2, 0.25) is 0 Å². The first-order valence-electron chi connectivity index (χ1n) is 9.45. The van der Waals surface area contributed by atoms with Crippen LogP contribution in [0, 0.1) is 0 Å². The van der Waals surface area contributed by atoms with Crippen molar-refractivity contribution in [3.05, 3.63) is 22.5 Å². The summed E-state index contributed by atoms with van der Waals surface area (Å²) < 4.78 is 4.84. The van der Waals surface area contributed by atoms with Crippen molar-refractivity contribution in [3.8, 4) is 0 Å². The molecule has 0 amide bonds. The highest BCUT2D eigenvalue weighted by molar-refractivity contribution is 5.00. The molecule has 0 aliphatic rings. The summed E-state index contributed by atoms with van der Waals surface area (Å²) in [6.07, 6.45) is 18.9. The average molecular weight is 309 g/mol. The van der Waals surface area contributed by atoms with E-state index in [1.807, 2.05) is 0 Å². The van der Waals surface area contributed by atoms with Gasteiger partial charge in [0.25, 0.3) is 0 Å². The SMILES string of the molecule is CCCCCCCCCCCCCC(CC)c1coc(=O)[nH]1. The van der Waals surface area contributed by atoms with E-state index < -0.39 is 0 Å². The molecular weight excluding hydrogens is 274 g/mol. The largest absolute Gasteiger partial charge is 0.416 e. The van der Waals surface area contributed by atoms with E-state index in [0.717, 1.165) is 18.5 Å². The molecule has 0 spiro atoms. The first-order chi connectivity index (χ1) is 10.8. The monoisotopic (exact) mass is 309 g/mol. The van der Waals surface area contributed by atoms with Gasteiger partial charge in [-0.05, 0) is 12.8 Å². The summed E-state index contributed by atoms with van der Waals surface area (Å²) in [4.78, 5) is 13.8. The molecule has 1 atom stereocenters. The molecule has 1 aromatic rings. The van der Waals surface area contributed by atoms with E-state index in [-0.39, 0.29) is 5.76 Å². The van der Waals surface area contributed by atoms with Crippen molar-refractivity contribution in [2.24, 2.45) is 0 Å². The second kappa shape index (κ2) is 12.5. The summed E-state index contributed by atoms with van der Waals surface area (Å²) in [6, 6.07) is 0. The van der Waals surface area contributed by atoms with Crippen molar-refractivity contribution < 1.29 is 4.42 Å². The van der Waals surface area contributed by atoms with Crippen molar-refractivity contribution in [2.45, 2.75) is 103 Å². The normalized spacial score (nSPS) is 12.6. The third-order valence-electron chi connectivity index (χ3n) is 4.63. The lowest BCUT2D eigenvalue weighted by Crippen LogP contribution is -2.02. The number of aromatic nitrogens is 1. The molecule has 0 aromatic carbocycles. The van der Waals surface area contributed by atoms with E-state index in [0.29, 0.717) is 5.92 Å². The van der Waals surface area contributed by atoms with Gasteiger partial charge < -0.3 is 4.42 Å². The Labute approximate surface area is 135 Å². The number of rotatable bonds is 14. The Morgan fingerprint density at radius 1 is 0.909 bits per heavy atom. The van der Waals surface area contributed by atoms with Crippen LogP contribution in [0.4, 0.5) is 0 Å². The fourth-order valence-corrected chi connectivity index (χ4v) is 3.13. The van der Waals surface area contributed by atoms with Crippen LogP contribution in [-0.4, -0.2) is 4.98 Å². The first-order valence-corrected chi connectivity index (χ1v) is 9.45. The van der Waals surface area contributed by atoms with Crippen LogP contribution in [0.1, 0.15) is 109 Å². The maximum atomic E-state index is 11.0. The van der Waals surface area contributed by atoms with Crippen LogP contribution < -0.4 is 5.76 Å². The number of oxazole rings is 1. The second-order valence-corrected chi connectivity index (χ2v) is 6.53. The van der Waals surface area contributed by atoms with Gasteiger partial charge in [-0.2, -0.15) is 0 Å². The van der Waals surface area contributed by atoms with E-state index in [9.17, 15) is 4.79 Å². The summed E-state index contributed by atoms with van der Waals surface area (Å²) in [5, 5.41) is 0. The van der Waals surface area contributed by atoms with Crippen molar-refractivity contribution in [3.63, 3.8) is 0 Å². The zero-order valence-corrected chi connectivity index (χ0v) is 14.7. The highest BCUT2D eigenvalue weighted by Gasteiger charge is 2.11. The molecule has 128 valence electrons. The quantitative estimate of drug-likeness (QED) is 0.418. The first kappa shape index (κ1) is 19.1. The Morgan fingerprint density at radius 2 is 1.45 bits per heavy atom. The van der Waals surface area contributed by atoms with Gasteiger partial charge in [0.05, 0.1) is 5.69 Å². The molecule has 0 bridgehead atoms. The lowest BCUT2D eigenvalue weighted by Gasteiger charge is -2.11. The number of nitrogens with one attached hydrogen (secondary N) is 1. The van der Waals surface area contributed by atoms with Crippen molar-refractivity contribution in [1.82, 2.24) is 4.98 Å². The van der Waals surface area contributed by atoms with Gasteiger partial charge in [-0.1, -0.05) is 84.5 Å². The van der Waals surface area contributed by atoms with Gasteiger partial charge in [-0.25, -0.2) is 4.79 Å². The third-order valence-corrected chi connectivity index (χ3v) is 4.63. The molecule has 3 heteroatoms. The van der Waals surface area contributed by atoms with E-state index >= 15 is 0 Å². The molecule has 0 aliphatic heterocycles. The smallest absolute Gasteiger partial charge is 0.416 e. The van der Waals surface area contributed by atoms with Gasteiger partial charge in [-0.15, -0.1) is 0 Å². The summed E-state index contributed by atoms with van der Waals surface area (Å²) in [5.74, 6) is 0.123. The van der Waals surface area contributed by atoms with Gasteiger partial charge in [0.15, 0.2) is 0 Å². The van der Waals surface area contributed by atoms with Crippen LogP contribution in [0.15, 0.2) is 15.5 Å². The molecule has 1 aromatic heterocycles. The molecule has 22 heavy (non-hydrogen) atoms. The van der Waals surface area contributed by atoms with Crippen molar-refractivity contribution >= 4 is 0 Å². The van der Waals surface area contributed by atoms with Crippen LogP contribution in [0.25, 0.3) is 0 Å². The highest BCUT2D eigenvalue weighted by atomic mass is 16.4. The lowest BCUT2D eigenvalue weighted by molar-refractivity contribution is 0.501. The average Bonchev–Trinajstić information content (AvgIpc) is 2.95. The lowest BCUT2D eigenvalue weighted by atomic mass is 9.95. The van der Waals surface area contributed by atoms with Crippen molar-refractivity contribution in [2.75, 3.05) is 0 Å². The Bertz CT molecular complexity index is 408. The minimum atomic E-state index is -0.326. The number of aromatic amines is 1. The summed E-state index contributed by atoms with van der Waals surface area (Å²) in [6.45, 7) is 4.45. The molecule has 0 saturated carbocycles. The number of H-pyrrole nitrogens is 1. The summed E-state index contributed by atoms with van der Waals surface area (Å²) in [7, 11) is 0.